The van der Waals surface area contributed by atoms with E-state index in [2.05, 4.69) is 5.32 Å². The van der Waals surface area contributed by atoms with Crippen LogP contribution in [0.4, 0.5) is 5.69 Å². The molecule has 0 aliphatic rings. The summed E-state index contributed by atoms with van der Waals surface area (Å²) < 4.78 is 30.5. The van der Waals surface area contributed by atoms with Gasteiger partial charge in [-0.15, -0.1) is 0 Å². The minimum atomic E-state index is -3.45. The van der Waals surface area contributed by atoms with Gasteiger partial charge in [-0.1, -0.05) is 12.1 Å². The summed E-state index contributed by atoms with van der Waals surface area (Å²) in [7, 11) is -0.419. The Kier molecular flexibility index (Phi) is 3.92. The van der Waals surface area contributed by atoms with Crippen molar-refractivity contribution in [1.29, 1.82) is 0 Å². The number of nitrogens with one attached hydrogen (secondary N) is 1. The van der Waals surface area contributed by atoms with Crippen LogP contribution in [0.3, 0.4) is 0 Å². The number of sulfonamides is 1. The summed E-state index contributed by atoms with van der Waals surface area (Å²) in [6.07, 6.45) is 3.20. The molecule has 0 fully saturated rings. The number of benzene rings is 1. The van der Waals surface area contributed by atoms with Crippen LogP contribution in [0.25, 0.3) is 0 Å². The highest BCUT2D eigenvalue weighted by Gasteiger charge is 2.20. The van der Waals surface area contributed by atoms with Crippen LogP contribution in [-0.2, 0) is 16.6 Å². The number of para-hydroxylation sites is 1. The maximum Gasteiger partial charge on any atom is 0.244 e. The van der Waals surface area contributed by atoms with Gasteiger partial charge in [0.05, 0.1) is 18.2 Å². The molecule has 1 N–H and O–H groups in total. The lowest BCUT2D eigenvalue weighted by Gasteiger charge is -2.15. The number of anilines is 1. The topological polar surface area (TPSA) is 62.6 Å². The molecule has 5 nitrogen and oxygen atoms in total. The summed E-state index contributed by atoms with van der Waals surface area (Å²) in [5, 5.41) is 3.11. The van der Waals surface area contributed by atoms with Crippen LogP contribution in [0.15, 0.2) is 52.2 Å². The molecule has 0 unspecified atom stereocenters. The average Bonchev–Trinajstić information content (AvgIpc) is 2.89. The highest BCUT2D eigenvalue weighted by molar-refractivity contribution is 7.89. The zero-order valence-corrected chi connectivity index (χ0v) is 11.6. The summed E-state index contributed by atoms with van der Waals surface area (Å²) in [4.78, 5) is 0.267. The molecule has 0 spiro atoms. The van der Waals surface area contributed by atoms with Gasteiger partial charge in [-0.25, -0.2) is 12.7 Å². The summed E-state index contributed by atoms with van der Waals surface area (Å²) >= 11 is 0. The Labute approximate surface area is 112 Å². The van der Waals surface area contributed by atoms with Crippen LogP contribution < -0.4 is 5.32 Å². The van der Waals surface area contributed by atoms with Gasteiger partial charge in [0.15, 0.2) is 0 Å². The largest absolute Gasteiger partial charge is 0.472 e. The van der Waals surface area contributed by atoms with Crippen LogP contribution in [0.1, 0.15) is 5.56 Å². The van der Waals surface area contributed by atoms with Gasteiger partial charge in [0, 0.05) is 26.2 Å². The molecule has 102 valence electrons. The Hall–Kier alpha value is -1.79. The molecule has 0 aliphatic heterocycles. The first-order chi connectivity index (χ1) is 9.01. The normalized spacial score (nSPS) is 11.7. The lowest BCUT2D eigenvalue weighted by molar-refractivity contribution is 0.521. The minimum absolute atomic E-state index is 0.267. The minimum Gasteiger partial charge on any atom is -0.472 e. The Morgan fingerprint density at radius 2 is 1.95 bits per heavy atom. The van der Waals surface area contributed by atoms with Gasteiger partial charge in [-0.3, -0.25) is 0 Å². The highest BCUT2D eigenvalue weighted by Crippen LogP contribution is 2.23. The Morgan fingerprint density at radius 1 is 1.21 bits per heavy atom. The fraction of sp³-hybridized carbons (Fsp3) is 0.231. The lowest BCUT2D eigenvalue weighted by Crippen LogP contribution is -2.23. The SMILES string of the molecule is CN(C)S(=O)(=O)c1ccccc1NCc1ccoc1. The van der Waals surface area contributed by atoms with E-state index in [-0.39, 0.29) is 4.90 Å². The summed E-state index contributed by atoms with van der Waals surface area (Å²) in [6.45, 7) is 0.510. The molecule has 6 heteroatoms. The molecule has 0 aliphatic carbocycles. The number of rotatable bonds is 5. The van der Waals surface area contributed by atoms with Crippen LogP contribution in [0, 0.1) is 0 Å². The van der Waals surface area contributed by atoms with Gasteiger partial charge in [0.2, 0.25) is 10.0 Å². The smallest absolute Gasteiger partial charge is 0.244 e. The fourth-order valence-electron chi connectivity index (χ4n) is 1.62. The van der Waals surface area contributed by atoms with Crippen LogP contribution in [0.2, 0.25) is 0 Å². The lowest BCUT2D eigenvalue weighted by atomic mass is 10.3. The predicted molar refractivity (Wildman–Crippen MR) is 73.3 cm³/mol. The predicted octanol–water partition coefficient (Wildman–Crippen LogP) is 2.14. The van der Waals surface area contributed by atoms with E-state index in [1.807, 2.05) is 6.07 Å². The third kappa shape index (κ3) is 2.97. The summed E-state index contributed by atoms with van der Waals surface area (Å²) in [5.41, 5.74) is 1.54. The zero-order chi connectivity index (χ0) is 13.9. The second-order valence-corrected chi connectivity index (χ2v) is 6.39. The van der Waals surface area contributed by atoms with Crippen molar-refractivity contribution in [3.8, 4) is 0 Å². The molecule has 0 saturated carbocycles. The van der Waals surface area contributed by atoms with Crippen LogP contribution in [-0.4, -0.2) is 26.8 Å². The molecule has 2 aromatic rings. The van der Waals surface area contributed by atoms with E-state index in [0.717, 1.165) is 5.56 Å². The van der Waals surface area contributed by atoms with Crippen molar-refractivity contribution in [1.82, 2.24) is 4.31 Å². The molecule has 0 atom stereocenters. The Bertz CT molecular complexity index is 634. The van der Waals surface area contributed by atoms with Crippen molar-refractivity contribution in [2.24, 2.45) is 0 Å². The van der Waals surface area contributed by atoms with Crippen molar-refractivity contribution >= 4 is 15.7 Å². The van der Waals surface area contributed by atoms with E-state index in [1.54, 1.807) is 36.8 Å². The molecule has 0 amide bonds. The molecule has 0 saturated heterocycles. The van der Waals surface area contributed by atoms with E-state index in [1.165, 1.54) is 18.4 Å². The van der Waals surface area contributed by atoms with Crippen molar-refractivity contribution in [2.45, 2.75) is 11.4 Å². The van der Waals surface area contributed by atoms with Gasteiger partial charge < -0.3 is 9.73 Å². The molecule has 19 heavy (non-hydrogen) atoms. The molecule has 2 rings (SSSR count). The summed E-state index contributed by atoms with van der Waals surface area (Å²) in [6, 6.07) is 8.67. The van der Waals surface area contributed by atoms with Crippen molar-refractivity contribution < 1.29 is 12.8 Å². The third-order valence-electron chi connectivity index (χ3n) is 2.71. The quantitative estimate of drug-likeness (QED) is 0.911. The van der Waals surface area contributed by atoms with Crippen LogP contribution in [0.5, 0.6) is 0 Å². The van der Waals surface area contributed by atoms with E-state index >= 15 is 0 Å². The van der Waals surface area contributed by atoms with Gasteiger partial charge in [0.1, 0.15) is 4.90 Å². The second kappa shape index (κ2) is 5.46. The maximum atomic E-state index is 12.2. The van der Waals surface area contributed by atoms with E-state index in [9.17, 15) is 8.42 Å². The molecular weight excluding hydrogens is 264 g/mol. The molecular formula is C13H16N2O3S. The second-order valence-electron chi connectivity index (χ2n) is 4.27. The van der Waals surface area contributed by atoms with Gasteiger partial charge in [0.25, 0.3) is 0 Å². The van der Waals surface area contributed by atoms with E-state index in [4.69, 9.17) is 4.42 Å². The van der Waals surface area contributed by atoms with E-state index < -0.39 is 10.0 Å². The first-order valence-electron chi connectivity index (χ1n) is 5.78. The Morgan fingerprint density at radius 3 is 2.58 bits per heavy atom. The van der Waals surface area contributed by atoms with Gasteiger partial charge in [-0.05, 0) is 18.2 Å². The standard InChI is InChI=1S/C13H16N2O3S/c1-15(2)19(16,17)13-6-4-3-5-12(13)14-9-11-7-8-18-10-11/h3-8,10,14H,9H2,1-2H3. The van der Waals surface area contributed by atoms with E-state index in [0.29, 0.717) is 12.2 Å². The number of hydrogen-bond donors (Lipinski definition) is 1. The van der Waals surface area contributed by atoms with Gasteiger partial charge >= 0.3 is 0 Å². The molecule has 0 bridgehead atoms. The molecule has 1 heterocycles. The fourth-order valence-corrected chi connectivity index (χ4v) is 2.69. The first-order valence-corrected chi connectivity index (χ1v) is 7.22. The van der Waals surface area contributed by atoms with Crippen molar-refractivity contribution in [3.63, 3.8) is 0 Å². The van der Waals surface area contributed by atoms with Crippen molar-refractivity contribution in [2.75, 3.05) is 19.4 Å². The zero-order valence-electron chi connectivity index (χ0n) is 10.8. The van der Waals surface area contributed by atoms with Crippen molar-refractivity contribution in [3.05, 3.63) is 48.4 Å². The first kappa shape index (κ1) is 13.6. The number of furan rings is 1. The molecule has 1 aromatic heterocycles. The summed E-state index contributed by atoms with van der Waals surface area (Å²) in [5.74, 6) is 0. The number of nitrogens with zero attached hydrogens (tertiary/aromatic N) is 1. The highest BCUT2D eigenvalue weighted by atomic mass is 32.2. The van der Waals surface area contributed by atoms with Crippen LogP contribution >= 0.6 is 0 Å². The molecule has 0 radical (unpaired) electrons. The number of hydrogen-bond acceptors (Lipinski definition) is 4. The maximum absolute atomic E-state index is 12.2. The Balaban J connectivity index is 2.27. The monoisotopic (exact) mass is 280 g/mol. The molecule has 1 aromatic carbocycles. The average molecular weight is 280 g/mol. The van der Waals surface area contributed by atoms with Gasteiger partial charge in [-0.2, -0.15) is 0 Å². The third-order valence-corrected chi connectivity index (χ3v) is 4.58.